The van der Waals surface area contributed by atoms with Crippen molar-refractivity contribution < 1.29 is 32.9 Å². The molecule has 4 aromatic rings. The summed E-state index contributed by atoms with van der Waals surface area (Å²) in [5.41, 5.74) is -0.550. The zero-order valence-corrected chi connectivity index (χ0v) is 24.5. The number of pyridine rings is 1. The first-order chi connectivity index (χ1) is 21.8. The summed E-state index contributed by atoms with van der Waals surface area (Å²) >= 11 is 0. The largest absolute Gasteiger partial charge is 0.508 e. The molecule has 0 spiro atoms. The molecule has 12 heteroatoms. The maximum absolute atomic E-state index is 16.9. The molecule has 0 amide bonds. The van der Waals surface area contributed by atoms with Crippen LogP contribution in [0, 0.1) is 11.6 Å². The number of hydrogen-bond acceptors (Lipinski definition) is 9. The first kappa shape index (κ1) is 28.3. The zero-order chi connectivity index (χ0) is 31.0. The van der Waals surface area contributed by atoms with Gasteiger partial charge in [-0.05, 0) is 55.8 Å². The van der Waals surface area contributed by atoms with Gasteiger partial charge in [0.05, 0.1) is 17.7 Å². The second kappa shape index (κ2) is 10.4. The van der Waals surface area contributed by atoms with E-state index in [2.05, 4.69) is 21.4 Å². The average molecular weight is 620 g/mol. The van der Waals surface area contributed by atoms with Crippen molar-refractivity contribution in [1.29, 1.82) is 0 Å². The lowest BCUT2D eigenvalue weighted by molar-refractivity contribution is 0.0875. The van der Waals surface area contributed by atoms with Gasteiger partial charge in [-0.25, -0.2) is 18.2 Å². The van der Waals surface area contributed by atoms with Gasteiger partial charge in [0.2, 0.25) is 5.88 Å². The number of anilines is 1. The second-order valence-corrected chi connectivity index (χ2v) is 12.5. The van der Waals surface area contributed by atoms with E-state index < -0.39 is 35.5 Å². The Morgan fingerprint density at radius 1 is 1.13 bits per heavy atom. The second-order valence-electron chi connectivity index (χ2n) is 12.5. The SMILES string of the molecule is C=Cc1c(F)ccc2cc(O)cc(-c3nc4c5c(nc(OC[C@@]67CCCN6C[C@H](F)C7)nc5c3F)N3CCC[C@@H](O)[C@H]3CO4)c12. The molecule has 8 rings (SSSR count). The molecule has 0 unspecified atom stereocenters. The number of aromatic hydroxyl groups is 1. The molecule has 2 aromatic carbocycles. The van der Waals surface area contributed by atoms with Gasteiger partial charge in [0.25, 0.3) is 0 Å². The third kappa shape index (κ3) is 4.40. The van der Waals surface area contributed by atoms with Gasteiger partial charge < -0.3 is 24.6 Å². The molecule has 2 N–H and O–H groups in total. The van der Waals surface area contributed by atoms with Crippen molar-refractivity contribution >= 4 is 33.6 Å². The summed E-state index contributed by atoms with van der Waals surface area (Å²) in [5, 5.41) is 22.5. The molecular formula is C33H32F3N5O4. The highest BCUT2D eigenvalue weighted by atomic mass is 19.1. The smallest absolute Gasteiger partial charge is 0.319 e. The molecule has 9 nitrogen and oxygen atoms in total. The summed E-state index contributed by atoms with van der Waals surface area (Å²) in [4.78, 5) is 17.9. The third-order valence-electron chi connectivity index (χ3n) is 9.90. The number of ether oxygens (including phenoxy) is 2. The van der Waals surface area contributed by atoms with Gasteiger partial charge in [0.1, 0.15) is 53.4 Å². The van der Waals surface area contributed by atoms with Crippen LogP contribution in [0.4, 0.5) is 19.0 Å². The highest BCUT2D eigenvalue weighted by Gasteiger charge is 2.49. The molecule has 0 radical (unpaired) electrons. The van der Waals surface area contributed by atoms with Crippen LogP contribution >= 0.6 is 0 Å². The number of phenolic OH excluding ortho intramolecular Hbond substituents is 1. The summed E-state index contributed by atoms with van der Waals surface area (Å²) in [6.07, 6.45) is 2.99. The van der Waals surface area contributed by atoms with Gasteiger partial charge in [-0.15, -0.1) is 0 Å². The lowest BCUT2D eigenvalue weighted by Crippen LogP contribution is -2.51. The molecule has 4 atom stereocenters. The number of hydrogen-bond donors (Lipinski definition) is 2. The summed E-state index contributed by atoms with van der Waals surface area (Å²) in [6, 6.07) is 4.98. The van der Waals surface area contributed by atoms with Gasteiger partial charge >= 0.3 is 6.01 Å². The van der Waals surface area contributed by atoms with Crippen molar-refractivity contribution in [2.24, 2.45) is 0 Å². The molecule has 0 aliphatic carbocycles. The normalized spacial score (nSPS) is 26.0. The Hall–Kier alpha value is -4.16. The van der Waals surface area contributed by atoms with E-state index in [0.717, 1.165) is 19.4 Å². The monoisotopic (exact) mass is 619 g/mol. The number of fused-ring (bicyclic) bond motifs is 4. The average Bonchev–Trinajstić information content (AvgIpc) is 3.49. The van der Waals surface area contributed by atoms with Crippen LogP contribution in [0.25, 0.3) is 39.0 Å². The molecule has 3 fully saturated rings. The number of nitrogens with zero attached hydrogens (tertiary/aromatic N) is 5. The van der Waals surface area contributed by atoms with E-state index >= 15 is 4.39 Å². The zero-order valence-electron chi connectivity index (χ0n) is 24.5. The number of alkyl halides is 1. The first-order valence-electron chi connectivity index (χ1n) is 15.3. The van der Waals surface area contributed by atoms with E-state index in [1.54, 1.807) is 0 Å². The van der Waals surface area contributed by atoms with Crippen LogP contribution in [-0.4, -0.2) is 86.8 Å². The molecule has 4 aliphatic rings. The van der Waals surface area contributed by atoms with E-state index in [1.807, 2.05) is 4.90 Å². The number of aromatic nitrogens is 3. The molecule has 2 aromatic heterocycles. The maximum Gasteiger partial charge on any atom is 0.319 e. The Morgan fingerprint density at radius 2 is 2.00 bits per heavy atom. The lowest BCUT2D eigenvalue weighted by atomic mass is 9.95. The van der Waals surface area contributed by atoms with Crippen LogP contribution in [0.15, 0.2) is 30.8 Å². The number of phenols is 1. The Labute approximate surface area is 256 Å². The van der Waals surface area contributed by atoms with Gasteiger partial charge in [-0.3, -0.25) is 4.90 Å². The Kier molecular flexibility index (Phi) is 6.58. The van der Waals surface area contributed by atoms with Crippen LogP contribution in [0.1, 0.15) is 37.7 Å². The van der Waals surface area contributed by atoms with Gasteiger partial charge in [-0.1, -0.05) is 18.7 Å². The lowest BCUT2D eigenvalue weighted by Gasteiger charge is -2.38. The van der Waals surface area contributed by atoms with Crippen LogP contribution in [0.3, 0.4) is 0 Å². The molecule has 0 saturated carbocycles. The Bertz CT molecular complexity index is 1870. The summed E-state index contributed by atoms with van der Waals surface area (Å²) in [6.45, 7) is 5.64. The number of benzene rings is 2. The van der Waals surface area contributed by atoms with E-state index in [0.29, 0.717) is 48.9 Å². The first-order valence-corrected chi connectivity index (χ1v) is 15.3. The summed E-state index contributed by atoms with van der Waals surface area (Å²) in [5.74, 6) is -1.18. The van der Waals surface area contributed by atoms with E-state index in [-0.39, 0.29) is 58.6 Å². The minimum atomic E-state index is -0.945. The molecule has 4 aliphatic heterocycles. The fourth-order valence-electron chi connectivity index (χ4n) is 7.81. The van der Waals surface area contributed by atoms with Gasteiger partial charge in [0.15, 0.2) is 5.82 Å². The number of piperidine rings is 1. The Balaban J connectivity index is 1.33. The van der Waals surface area contributed by atoms with E-state index in [9.17, 15) is 19.0 Å². The van der Waals surface area contributed by atoms with E-state index in [4.69, 9.17) is 14.5 Å². The van der Waals surface area contributed by atoms with Crippen LogP contribution in [0.5, 0.6) is 17.6 Å². The molecule has 6 heterocycles. The highest BCUT2D eigenvalue weighted by Crippen LogP contribution is 2.45. The minimum Gasteiger partial charge on any atom is -0.508 e. The van der Waals surface area contributed by atoms with Crippen molar-refractivity contribution in [3.8, 4) is 28.9 Å². The molecule has 0 bridgehead atoms. The number of rotatable bonds is 5. The topological polar surface area (TPSA) is 104 Å². The van der Waals surface area contributed by atoms with Crippen molar-refractivity contribution in [3.05, 3.63) is 48.0 Å². The molecule has 45 heavy (non-hydrogen) atoms. The number of halogens is 3. The van der Waals surface area contributed by atoms with Crippen LogP contribution in [-0.2, 0) is 0 Å². The number of aliphatic hydroxyl groups is 1. The predicted octanol–water partition coefficient (Wildman–Crippen LogP) is 5.15. The summed E-state index contributed by atoms with van der Waals surface area (Å²) in [7, 11) is 0. The van der Waals surface area contributed by atoms with E-state index in [1.165, 1.54) is 30.3 Å². The van der Waals surface area contributed by atoms with Crippen LogP contribution in [0.2, 0.25) is 0 Å². The van der Waals surface area contributed by atoms with Gasteiger partial charge in [0, 0.05) is 36.0 Å². The van der Waals surface area contributed by atoms with Crippen LogP contribution < -0.4 is 14.4 Å². The minimum absolute atomic E-state index is 0.0502. The maximum atomic E-state index is 16.9. The number of aliphatic hydroxyl groups excluding tert-OH is 1. The molecule has 3 saturated heterocycles. The fourth-order valence-corrected chi connectivity index (χ4v) is 7.81. The standard InChI is InChI=1S/C33H32F3N5O4/c1-2-20-22(35)7-6-17-11-19(42)12-21(25(17)20)28-27(36)29-26-30(41-10-3-5-24(43)23(41)15-44-31(26)37-28)39-32(38-29)45-16-33-8-4-9-40(33)14-18(34)13-33/h2,6-7,11-12,18,23-24,42-43H,1,3-5,8-10,13-16H2/t18-,23-,24-,33+/m1/s1. The molecular weight excluding hydrogens is 587 g/mol. The summed E-state index contributed by atoms with van der Waals surface area (Å²) < 4.78 is 58.7. The highest BCUT2D eigenvalue weighted by molar-refractivity contribution is 6.05. The predicted molar refractivity (Wildman–Crippen MR) is 162 cm³/mol. The van der Waals surface area contributed by atoms with Crippen molar-refractivity contribution in [1.82, 2.24) is 19.9 Å². The van der Waals surface area contributed by atoms with Crippen molar-refractivity contribution in [2.75, 3.05) is 37.7 Å². The fraction of sp³-hybridized carbons (Fsp3) is 0.424. The Morgan fingerprint density at radius 3 is 2.84 bits per heavy atom. The van der Waals surface area contributed by atoms with Crippen molar-refractivity contribution in [3.63, 3.8) is 0 Å². The molecule has 234 valence electrons. The van der Waals surface area contributed by atoms with Crippen molar-refractivity contribution in [2.45, 2.75) is 56.0 Å². The van der Waals surface area contributed by atoms with Gasteiger partial charge in [-0.2, -0.15) is 9.97 Å². The third-order valence-corrected chi connectivity index (χ3v) is 9.90. The quantitative estimate of drug-likeness (QED) is 0.314.